The topological polar surface area (TPSA) is 84.6 Å². The van der Waals surface area contributed by atoms with Crippen LogP contribution in [-0.2, 0) is 0 Å². The van der Waals surface area contributed by atoms with Gasteiger partial charge in [0.1, 0.15) is 5.75 Å². The molecule has 112 valence electrons. The second kappa shape index (κ2) is 7.87. The smallest absolute Gasteiger partial charge is 0.179 e. The molecule has 0 radical (unpaired) electrons. The number of rotatable bonds is 8. The van der Waals surface area contributed by atoms with Gasteiger partial charge in [-0.3, -0.25) is 4.79 Å². The molecular formula is C15H24N2O3. The minimum Gasteiger partial charge on any atom is -0.492 e. The van der Waals surface area contributed by atoms with Gasteiger partial charge in [-0.15, -0.1) is 0 Å². The number of nitrogen functional groups attached to an aromatic ring is 1. The van der Waals surface area contributed by atoms with Crippen molar-refractivity contribution in [1.29, 1.82) is 0 Å². The van der Waals surface area contributed by atoms with E-state index in [-0.39, 0.29) is 11.8 Å². The fourth-order valence-electron chi connectivity index (χ4n) is 1.93. The Morgan fingerprint density at radius 3 is 2.65 bits per heavy atom. The Balaban J connectivity index is 2.81. The van der Waals surface area contributed by atoms with E-state index in [0.717, 1.165) is 0 Å². The number of aliphatic hydroxyl groups is 1. The van der Waals surface area contributed by atoms with Crippen LogP contribution in [0.25, 0.3) is 0 Å². The second-order valence-electron chi connectivity index (χ2n) is 4.77. The molecule has 5 heteroatoms. The van der Waals surface area contributed by atoms with Gasteiger partial charge in [0, 0.05) is 12.1 Å². The van der Waals surface area contributed by atoms with E-state index in [1.165, 1.54) is 0 Å². The van der Waals surface area contributed by atoms with Crippen LogP contribution < -0.4 is 15.8 Å². The molecule has 2 atom stereocenters. The van der Waals surface area contributed by atoms with E-state index in [2.05, 4.69) is 5.32 Å². The van der Waals surface area contributed by atoms with Gasteiger partial charge in [0.25, 0.3) is 0 Å². The summed E-state index contributed by atoms with van der Waals surface area (Å²) in [6.07, 6.45) is 0.167. The number of anilines is 1. The lowest BCUT2D eigenvalue weighted by atomic mass is 10.0. The number of benzene rings is 1. The zero-order valence-corrected chi connectivity index (χ0v) is 12.3. The third-order valence-corrected chi connectivity index (χ3v) is 2.98. The van der Waals surface area contributed by atoms with Gasteiger partial charge in [-0.2, -0.15) is 0 Å². The first-order valence-electron chi connectivity index (χ1n) is 6.97. The van der Waals surface area contributed by atoms with Gasteiger partial charge >= 0.3 is 0 Å². The number of hydrogen-bond donors (Lipinski definition) is 3. The summed E-state index contributed by atoms with van der Waals surface area (Å²) in [6.45, 7) is 6.40. The highest BCUT2D eigenvalue weighted by molar-refractivity contribution is 6.01. The van der Waals surface area contributed by atoms with Gasteiger partial charge in [0.05, 0.1) is 24.4 Å². The highest BCUT2D eigenvalue weighted by Gasteiger charge is 2.19. The number of nitrogens with two attached hydrogens (primary N) is 1. The van der Waals surface area contributed by atoms with Gasteiger partial charge in [0.15, 0.2) is 5.78 Å². The van der Waals surface area contributed by atoms with Crippen molar-refractivity contribution < 1.29 is 14.6 Å². The van der Waals surface area contributed by atoms with Crippen molar-refractivity contribution in [2.75, 3.05) is 18.9 Å². The first-order chi connectivity index (χ1) is 9.49. The summed E-state index contributed by atoms with van der Waals surface area (Å²) in [5.41, 5.74) is 6.88. The summed E-state index contributed by atoms with van der Waals surface area (Å²) < 4.78 is 5.35. The monoisotopic (exact) mass is 280 g/mol. The molecule has 0 aromatic heterocycles. The minimum absolute atomic E-state index is 0.0251. The van der Waals surface area contributed by atoms with E-state index in [0.29, 0.717) is 36.6 Å². The maximum absolute atomic E-state index is 12.4. The number of ketones is 1. The van der Waals surface area contributed by atoms with E-state index in [1.807, 2.05) is 13.8 Å². The van der Waals surface area contributed by atoms with Crippen LogP contribution in [0, 0.1) is 0 Å². The minimum atomic E-state index is -0.484. The number of carbonyl (C=O) groups excluding carboxylic acids is 1. The molecule has 20 heavy (non-hydrogen) atoms. The molecule has 0 bridgehead atoms. The third-order valence-electron chi connectivity index (χ3n) is 2.98. The van der Waals surface area contributed by atoms with Gasteiger partial charge in [0.2, 0.25) is 0 Å². The van der Waals surface area contributed by atoms with Crippen LogP contribution in [0.2, 0.25) is 0 Å². The Kier molecular flexibility index (Phi) is 6.48. The number of Topliss-reactive ketones (excluding diaryl/α,β-unsaturated/α-hetero) is 1. The molecule has 2 unspecified atom stereocenters. The lowest BCUT2D eigenvalue weighted by Crippen LogP contribution is -2.40. The summed E-state index contributed by atoms with van der Waals surface area (Å²) in [7, 11) is 0. The van der Waals surface area contributed by atoms with Gasteiger partial charge in [-0.1, -0.05) is 6.92 Å². The SMILES string of the molecule is CCOc1ccc(C(=O)C(CC)NCC(C)O)cc1N. The van der Waals surface area contributed by atoms with Gasteiger partial charge in [-0.25, -0.2) is 0 Å². The molecule has 0 saturated heterocycles. The van der Waals surface area contributed by atoms with Crippen LogP contribution in [0.4, 0.5) is 5.69 Å². The van der Waals surface area contributed by atoms with Crippen molar-refractivity contribution in [2.24, 2.45) is 0 Å². The van der Waals surface area contributed by atoms with E-state index in [1.54, 1.807) is 25.1 Å². The van der Waals surface area contributed by atoms with Gasteiger partial charge in [-0.05, 0) is 38.5 Å². The molecule has 0 aliphatic rings. The van der Waals surface area contributed by atoms with Crippen molar-refractivity contribution >= 4 is 11.5 Å². The molecule has 0 saturated carbocycles. The molecule has 0 aliphatic carbocycles. The summed E-state index contributed by atoms with van der Waals surface area (Å²) in [5, 5.41) is 12.3. The summed E-state index contributed by atoms with van der Waals surface area (Å²) in [4.78, 5) is 12.4. The van der Waals surface area contributed by atoms with Crippen LogP contribution in [0.15, 0.2) is 18.2 Å². The second-order valence-corrected chi connectivity index (χ2v) is 4.77. The van der Waals surface area contributed by atoms with Crippen LogP contribution in [-0.4, -0.2) is 36.2 Å². The lowest BCUT2D eigenvalue weighted by Gasteiger charge is -2.17. The van der Waals surface area contributed by atoms with E-state index in [9.17, 15) is 9.90 Å². The maximum Gasteiger partial charge on any atom is 0.179 e. The molecule has 0 spiro atoms. The van der Waals surface area contributed by atoms with E-state index < -0.39 is 6.10 Å². The molecule has 1 rings (SSSR count). The van der Waals surface area contributed by atoms with Crippen molar-refractivity contribution in [3.8, 4) is 5.75 Å². The standard InChI is InChI=1S/C15H24N2O3/c1-4-13(17-9-10(3)18)15(19)11-6-7-14(20-5-2)12(16)8-11/h6-8,10,13,17-18H,4-5,9,16H2,1-3H3. The first-order valence-corrected chi connectivity index (χ1v) is 6.97. The fraction of sp³-hybridized carbons (Fsp3) is 0.533. The Morgan fingerprint density at radius 1 is 1.45 bits per heavy atom. The van der Waals surface area contributed by atoms with Crippen molar-refractivity contribution in [1.82, 2.24) is 5.32 Å². The predicted molar refractivity (Wildman–Crippen MR) is 80.1 cm³/mol. The quantitative estimate of drug-likeness (QED) is 0.497. The van der Waals surface area contributed by atoms with E-state index in [4.69, 9.17) is 10.5 Å². The van der Waals surface area contributed by atoms with E-state index >= 15 is 0 Å². The molecule has 0 amide bonds. The summed E-state index contributed by atoms with van der Waals surface area (Å²) >= 11 is 0. The van der Waals surface area contributed by atoms with Crippen molar-refractivity contribution in [2.45, 2.75) is 39.3 Å². The molecule has 0 heterocycles. The number of carbonyl (C=O) groups is 1. The Labute approximate surface area is 120 Å². The number of hydrogen-bond acceptors (Lipinski definition) is 5. The average Bonchev–Trinajstić information content (AvgIpc) is 2.41. The number of nitrogens with one attached hydrogen (secondary N) is 1. The molecule has 0 fully saturated rings. The molecule has 5 nitrogen and oxygen atoms in total. The Hall–Kier alpha value is -1.59. The normalized spacial score (nSPS) is 13.8. The van der Waals surface area contributed by atoms with Crippen LogP contribution in [0.5, 0.6) is 5.75 Å². The predicted octanol–water partition coefficient (Wildman–Crippen LogP) is 1.60. The molecular weight excluding hydrogens is 256 g/mol. The van der Waals surface area contributed by atoms with Crippen LogP contribution in [0.3, 0.4) is 0 Å². The zero-order chi connectivity index (χ0) is 15.1. The average molecular weight is 280 g/mol. The molecule has 1 aromatic carbocycles. The third kappa shape index (κ3) is 4.51. The lowest BCUT2D eigenvalue weighted by molar-refractivity contribution is 0.0929. The van der Waals surface area contributed by atoms with Gasteiger partial charge < -0.3 is 20.9 Å². The Bertz CT molecular complexity index is 447. The fourth-order valence-corrected chi connectivity index (χ4v) is 1.93. The van der Waals surface area contributed by atoms with Crippen LogP contribution >= 0.6 is 0 Å². The first kappa shape index (κ1) is 16.5. The zero-order valence-electron chi connectivity index (χ0n) is 12.3. The largest absolute Gasteiger partial charge is 0.492 e. The number of ether oxygens (including phenoxy) is 1. The van der Waals surface area contributed by atoms with Crippen molar-refractivity contribution in [3.05, 3.63) is 23.8 Å². The maximum atomic E-state index is 12.4. The molecule has 4 N–H and O–H groups in total. The summed E-state index contributed by atoms with van der Waals surface area (Å²) in [6, 6.07) is 4.76. The number of aliphatic hydroxyl groups excluding tert-OH is 1. The molecule has 1 aromatic rings. The Morgan fingerprint density at radius 2 is 2.15 bits per heavy atom. The van der Waals surface area contributed by atoms with Crippen LogP contribution in [0.1, 0.15) is 37.6 Å². The summed E-state index contributed by atoms with van der Waals surface area (Å²) in [5.74, 6) is 0.567. The van der Waals surface area contributed by atoms with Crippen molar-refractivity contribution in [3.63, 3.8) is 0 Å². The highest BCUT2D eigenvalue weighted by atomic mass is 16.5. The highest BCUT2D eigenvalue weighted by Crippen LogP contribution is 2.23. The molecule has 0 aliphatic heterocycles.